The van der Waals surface area contributed by atoms with Gasteiger partial charge in [0.05, 0.1) is 0 Å². The number of hydrogen-bond acceptors (Lipinski definition) is 2. The van der Waals surface area contributed by atoms with Crippen LogP contribution in [-0.4, -0.2) is 37.1 Å². The molecule has 2 amide bonds. The first-order valence-electron chi connectivity index (χ1n) is 6.49. The van der Waals surface area contributed by atoms with Crippen molar-refractivity contribution in [3.05, 3.63) is 29.3 Å². The van der Waals surface area contributed by atoms with Gasteiger partial charge >= 0.3 is 6.03 Å². The zero-order valence-corrected chi connectivity index (χ0v) is 12.5. The molecule has 4 nitrogen and oxygen atoms in total. The van der Waals surface area contributed by atoms with Gasteiger partial charge in [-0.15, -0.1) is 0 Å². The molecule has 5 heteroatoms. The first kappa shape index (κ1) is 15.8. The zero-order valence-electron chi connectivity index (χ0n) is 11.7. The molecule has 0 atom stereocenters. The highest BCUT2D eigenvalue weighted by Gasteiger charge is 2.04. The van der Waals surface area contributed by atoms with Crippen molar-refractivity contribution in [3.8, 4) is 0 Å². The molecule has 0 radical (unpaired) electrons. The van der Waals surface area contributed by atoms with Crippen LogP contribution in [0.3, 0.4) is 0 Å². The van der Waals surface area contributed by atoms with Crippen molar-refractivity contribution in [2.75, 3.05) is 25.5 Å². The number of nitrogens with one attached hydrogen (secondary N) is 2. The summed E-state index contributed by atoms with van der Waals surface area (Å²) in [5, 5.41) is 6.18. The standard InChI is InChI=1S/C14H22ClN3O/c1-11(2)18(3)9-5-8-16-14(19)17-13-7-4-6-12(15)10-13/h4,6-7,10-11H,5,8-9H2,1-3H3,(H2,16,17,19). The van der Waals surface area contributed by atoms with Crippen LogP contribution in [0.2, 0.25) is 5.02 Å². The largest absolute Gasteiger partial charge is 0.338 e. The van der Waals surface area contributed by atoms with E-state index in [4.69, 9.17) is 11.6 Å². The Morgan fingerprint density at radius 3 is 2.79 bits per heavy atom. The summed E-state index contributed by atoms with van der Waals surface area (Å²) in [4.78, 5) is 13.9. The van der Waals surface area contributed by atoms with Crippen LogP contribution in [0.25, 0.3) is 0 Å². The Kier molecular flexibility index (Phi) is 6.67. The van der Waals surface area contributed by atoms with Crippen LogP contribution < -0.4 is 10.6 Å². The van der Waals surface area contributed by atoms with Crippen LogP contribution in [0.1, 0.15) is 20.3 Å². The third kappa shape index (κ3) is 6.45. The van der Waals surface area contributed by atoms with Crippen molar-refractivity contribution in [2.24, 2.45) is 0 Å². The van der Waals surface area contributed by atoms with Crippen molar-refractivity contribution < 1.29 is 4.79 Å². The number of benzene rings is 1. The lowest BCUT2D eigenvalue weighted by atomic mass is 10.3. The number of carbonyl (C=O) groups excluding carboxylic acids is 1. The van der Waals surface area contributed by atoms with E-state index < -0.39 is 0 Å². The summed E-state index contributed by atoms with van der Waals surface area (Å²) in [6.45, 7) is 5.93. The van der Waals surface area contributed by atoms with Gasteiger partial charge in [0.15, 0.2) is 0 Å². The van der Waals surface area contributed by atoms with Gasteiger partial charge in [-0.05, 0) is 52.1 Å². The second kappa shape index (κ2) is 8.02. The van der Waals surface area contributed by atoms with Crippen LogP contribution in [0, 0.1) is 0 Å². The number of anilines is 1. The number of amides is 2. The minimum Gasteiger partial charge on any atom is -0.338 e. The number of urea groups is 1. The number of nitrogens with zero attached hydrogens (tertiary/aromatic N) is 1. The maximum absolute atomic E-state index is 11.6. The molecule has 0 spiro atoms. The summed E-state index contributed by atoms with van der Waals surface area (Å²) >= 11 is 5.84. The Hall–Kier alpha value is -1.26. The maximum atomic E-state index is 11.6. The molecule has 0 heterocycles. The minimum atomic E-state index is -0.200. The van der Waals surface area contributed by atoms with E-state index in [-0.39, 0.29) is 6.03 Å². The molecule has 1 aromatic carbocycles. The SMILES string of the molecule is CC(C)N(C)CCCNC(=O)Nc1cccc(Cl)c1. The number of hydrogen-bond donors (Lipinski definition) is 2. The second-order valence-electron chi connectivity index (χ2n) is 4.82. The fourth-order valence-electron chi connectivity index (χ4n) is 1.53. The molecule has 0 bridgehead atoms. The van der Waals surface area contributed by atoms with Crippen LogP contribution in [0.4, 0.5) is 10.5 Å². The van der Waals surface area contributed by atoms with E-state index in [1.165, 1.54) is 0 Å². The molecule has 0 aliphatic carbocycles. The summed E-state index contributed by atoms with van der Waals surface area (Å²) in [6.07, 6.45) is 0.928. The lowest BCUT2D eigenvalue weighted by Crippen LogP contribution is -2.33. The number of rotatable bonds is 6. The normalized spacial score (nSPS) is 10.8. The van der Waals surface area contributed by atoms with Gasteiger partial charge in [0.2, 0.25) is 0 Å². The minimum absolute atomic E-state index is 0.200. The van der Waals surface area contributed by atoms with Crippen LogP contribution in [-0.2, 0) is 0 Å². The predicted octanol–water partition coefficient (Wildman–Crippen LogP) is 3.19. The van der Waals surface area contributed by atoms with E-state index in [1.54, 1.807) is 24.3 Å². The lowest BCUT2D eigenvalue weighted by Gasteiger charge is -2.20. The molecule has 0 saturated carbocycles. The van der Waals surface area contributed by atoms with Crippen LogP contribution in [0.5, 0.6) is 0 Å². The molecule has 106 valence electrons. The van der Waals surface area contributed by atoms with Gasteiger partial charge in [-0.1, -0.05) is 17.7 Å². The third-order valence-corrected chi connectivity index (χ3v) is 3.17. The van der Waals surface area contributed by atoms with Crippen molar-refractivity contribution >= 4 is 23.3 Å². The van der Waals surface area contributed by atoms with E-state index in [1.807, 2.05) is 0 Å². The molecular formula is C14H22ClN3O. The van der Waals surface area contributed by atoms with Gasteiger partial charge in [-0.2, -0.15) is 0 Å². The highest BCUT2D eigenvalue weighted by atomic mass is 35.5. The molecule has 0 aliphatic rings. The van der Waals surface area contributed by atoms with Gasteiger partial charge in [0.25, 0.3) is 0 Å². The summed E-state index contributed by atoms with van der Waals surface area (Å²) in [6, 6.07) is 7.42. The number of halogens is 1. The van der Waals surface area contributed by atoms with Crippen molar-refractivity contribution in [1.29, 1.82) is 0 Å². The molecule has 2 N–H and O–H groups in total. The van der Waals surface area contributed by atoms with Gasteiger partial charge in [0, 0.05) is 23.3 Å². The first-order valence-corrected chi connectivity index (χ1v) is 6.87. The fourth-order valence-corrected chi connectivity index (χ4v) is 1.72. The Morgan fingerprint density at radius 1 is 1.42 bits per heavy atom. The smallest absolute Gasteiger partial charge is 0.319 e. The van der Waals surface area contributed by atoms with E-state index in [0.717, 1.165) is 13.0 Å². The van der Waals surface area contributed by atoms with E-state index in [9.17, 15) is 4.79 Å². The summed E-state index contributed by atoms with van der Waals surface area (Å²) in [5.41, 5.74) is 0.698. The summed E-state index contributed by atoms with van der Waals surface area (Å²) < 4.78 is 0. The molecule has 19 heavy (non-hydrogen) atoms. The second-order valence-corrected chi connectivity index (χ2v) is 5.26. The Labute approximate surface area is 120 Å². The lowest BCUT2D eigenvalue weighted by molar-refractivity contribution is 0.248. The van der Waals surface area contributed by atoms with Gasteiger partial charge in [-0.25, -0.2) is 4.79 Å². The molecule has 0 unspecified atom stereocenters. The van der Waals surface area contributed by atoms with E-state index in [2.05, 4.69) is 36.4 Å². The van der Waals surface area contributed by atoms with Gasteiger partial charge in [-0.3, -0.25) is 0 Å². The third-order valence-electron chi connectivity index (χ3n) is 2.94. The summed E-state index contributed by atoms with van der Waals surface area (Å²) in [5.74, 6) is 0. The average Bonchev–Trinajstić information content (AvgIpc) is 2.34. The quantitative estimate of drug-likeness (QED) is 0.788. The molecular weight excluding hydrogens is 262 g/mol. The first-order chi connectivity index (χ1) is 8.99. The fraction of sp³-hybridized carbons (Fsp3) is 0.500. The Balaban J connectivity index is 2.22. The van der Waals surface area contributed by atoms with Gasteiger partial charge in [0.1, 0.15) is 0 Å². The van der Waals surface area contributed by atoms with Crippen molar-refractivity contribution in [1.82, 2.24) is 10.2 Å². The number of carbonyl (C=O) groups is 1. The van der Waals surface area contributed by atoms with Crippen molar-refractivity contribution in [2.45, 2.75) is 26.3 Å². The summed E-state index contributed by atoms with van der Waals surface area (Å²) in [7, 11) is 2.08. The monoisotopic (exact) mass is 283 g/mol. The molecule has 0 aromatic heterocycles. The highest BCUT2D eigenvalue weighted by Crippen LogP contribution is 2.14. The van der Waals surface area contributed by atoms with Crippen molar-refractivity contribution in [3.63, 3.8) is 0 Å². The Morgan fingerprint density at radius 2 is 2.16 bits per heavy atom. The van der Waals surface area contributed by atoms with Crippen LogP contribution in [0.15, 0.2) is 24.3 Å². The highest BCUT2D eigenvalue weighted by molar-refractivity contribution is 6.30. The van der Waals surface area contributed by atoms with Crippen LogP contribution >= 0.6 is 11.6 Å². The van der Waals surface area contributed by atoms with E-state index >= 15 is 0 Å². The molecule has 0 saturated heterocycles. The average molecular weight is 284 g/mol. The molecule has 0 aliphatic heterocycles. The van der Waals surface area contributed by atoms with Gasteiger partial charge < -0.3 is 15.5 Å². The Bertz CT molecular complexity index is 409. The molecule has 1 aromatic rings. The molecule has 0 fully saturated rings. The topological polar surface area (TPSA) is 44.4 Å². The predicted molar refractivity (Wildman–Crippen MR) is 80.9 cm³/mol. The van der Waals surface area contributed by atoms with E-state index in [0.29, 0.717) is 23.3 Å². The maximum Gasteiger partial charge on any atom is 0.319 e. The molecule has 1 rings (SSSR count). The zero-order chi connectivity index (χ0) is 14.3.